The zero-order valence-corrected chi connectivity index (χ0v) is 9.99. The van der Waals surface area contributed by atoms with Crippen LogP contribution < -0.4 is 4.74 Å². The molecule has 1 aromatic carbocycles. The third kappa shape index (κ3) is 3.75. The fraction of sp³-hybridized carbons (Fsp3) is 0.333. The second kappa shape index (κ2) is 5.74. The van der Waals surface area contributed by atoms with Gasteiger partial charge in [-0.25, -0.2) is 0 Å². The molecule has 0 fully saturated rings. The molecule has 0 bridgehead atoms. The number of halogens is 3. The Morgan fingerprint density at radius 3 is 2.62 bits per heavy atom. The van der Waals surface area contributed by atoms with Crippen LogP contribution in [0, 0.1) is 0 Å². The average Bonchev–Trinajstić information content (AvgIpc) is 2.12. The Labute approximate surface area is 96.1 Å². The van der Waals surface area contributed by atoms with Crippen LogP contribution in [0.3, 0.4) is 0 Å². The molecule has 1 nitrogen and oxygen atoms in total. The van der Waals surface area contributed by atoms with E-state index in [-0.39, 0.29) is 0 Å². The summed E-state index contributed by atoms with van der Waals surface area (Å²) >= 11 is 14.9. The molecule has 1 rings (SSSR count). The van der Waals surface area contributed by atoms with Gasteiger partial charge >= 0.3 is 0 Å². The van der Waals surface area contributed by atoms with E-state index in [1.54, 1.807) is 12.1 Å². The summed E-state index contributed by atoms with van der Waals surface area (Å²) < 4.78 is 5.41. The monoisotopic (exact) mass is 282 g/mol. The molecule has 0 radical (unpaired) electrons. The first-order valence-corrected chi connectivity index (χ1v) is 5.75. The number of benzene rings is 1. The first-order valence-electron chi connectivity index (χ1n) is 3.88. The Hall–Kier alpha value is 0.0800. The van der Waals surface area contributed by atoms with Gasteiger partial charge in [-0.2, -0.15) is 0 Å². The lowest BCUT2D eigenvalue weighted by Crippen LogP contribution is -1.97. The van der Waals surface area contributed by atoms with Gasteiger partial charge < -0.3 is 4.74 Å². The average molecular weight is 284 g/mol. The Morgan fingerprint density at radius 2 is 2.00 bits per heavy atom. The summed E-state index contributed by atoms with van der Waals surface area (Å²) in [4.78, 5) is 0. The predicted molar refractivity (Wildman–Crippen MR) is 60.4 cm³/mol. The van der Waals surface area contributed by atoms with Gasteiger partial charge in [0, 0.05) is 11.4 Å². The molecule has 4 heteroatoms. The molecule has 0 amide bonds. The minimum absolute atomic E-state index is 0.526. The second-order valence-electron chi connectivity index (χ2n) is 2.47. The van der Waals surface area contributed by atoms with Crippen LogP contribution in [-0.4, -0.2) is 11.9 Å². The standard InChI is InChI=1S/C9H9BrCl2O/c10-4-1-5-13-7-2-3-8(11)9(12)6-7/h2-3,6H,1,4-5H2. The molecule has 0 atom stereocenters. The summed E-state index contributed by atoms with van der Waals surface area (Å²) in [6, 6.07) is 5.26. The van der Waals surface area contributed by atoms with Gasteiger partial charge in [0.25, 0.3) is 0 Å². The van der Waals surface area contributed by atoms with Crippen molar-refractivity contribution in [3.05, 3.63) is 28.2 Å². The quantitative estimate of drug-likeness (QED) is 0.596. The highest BCUT2D eigenvalue weighted by molar-refractivity contribution is 9.09. The highest BCUT2D eigenvalue weighted by Crippen LogP contribution is 2.26. The molecule has 0 saturated heterocycles. The van der Waals surface area contributed by atoms with Crippen LogP contribution in [0.15, 0.2) is 18.2 Å². The van der Waals surface area contributed by atoms with E-state index in [9.17, 15) is 0 Å². The molecular weight excluding hydrogens is 275 g/mol. The van der Waals surface area contributed by atoms with E-state index in [1.165, 1.54) is 0 Å². The topological polar surface area (TPSA) is 9.23 Å². The molecule has 0 aliphatic heterocycles. The minimum Gasteiger partial charge on any atom is -0.494 e. The summed E-state index contributed by atoms with van der Waals surface area (Å²) in [5.74, 6) is 0.760. The second-order valence-corrected chi connectivity index (χ2v) is 4.07. The molecule has 0 aromatic heterocycles. The zero-order valence-electron chi connectivity index (χ0n) is 6.90. The first kappa shape index (κ1) is 11.2. The van der Waals surface area contributed by atoms with Gasteiger partial charge in [-0.3, -0.25) is 0 Å². The van der Waals surface area contributed by atoms with E-state index in [0.29, 0.717) is 16.7 Å². The van der Waals surface area contributed by atoms with Crippen LogP contribution in [0.1, 0.15) is 6.42 Å². The fourth-order valence-corrected chi connectivity index (χ4v) is 1.33. The zero-order chi connectivity index (χ0) is 9.68. The molecule has 0 saturated carbocycles. The van der Waals surface area contributed by atoms with Crippen LogP contribution in [0.4, 0.5) is 0 Å². The van der Waals surface area contributed by atoms with Crippen molar-refractivity contribution in [2.75, 3.05) is 11.9 Å². The number of ether oxygens (including phenoxy) is 1. The van der Waals surface area contributed by atoms with Crippen molar-refractivity contribution in [1.29, 1.82) is 0 Å². The van der Waals surface area contributed by atoms with Crippen molar-refractivity contribution < 1.29 is 4.74 Å². The molecule has 0 unspecified atom stereocenters. The largest absolute Gasteiger partial charge is 0.494 e. The molecular formula is C9H9BrCl2O. The molecule has 13 heavy (non-hydrogen) atoms. The Balaban J connectivity index is 2.53. The first-order chi connectivity index (χ1) is 6.24. The maximum absolute atomic E-state index is 5.81. The summed E-state index contributed by atoms with van der Waals surface area (Å²) in [5.41, 5.74) is 0. The highest BCUT2D eigenvalue weighted by Gasteiger charge is 1.99. The fourth-order valence-electron chi connectivity index (χ4n) is 0.811. The van der Waals surface area contributed by atoms with E-state index in [2.05, 4.69) is 15.9 Å². The van der Waals surface area contributed by atoms with Crippen molar-refractivity contribution in [3.63, 3.8) is 0 Å². The van der Waals surface area contributed by atoms with Crippen LogP contribution in [0.25, 0.3) is 0 Å². The van der Waals surface area contributed by atoms with Crippen LogP contribution in [0.2, 0.25) is 10.0 Å². The maximum atomic E-state index is 5.81. The van der Waals surface area contributed by atoms with Crippen LogP contribution >= 0.6 is 39.1 Å². The highest BCUT2D eigenvalue weighted by atomic mass is 79.9. The summed E-state index contributed by atoms with van der Waals surface area (Å²) in [7, 11) is 0. The molecule has 72 valence electrons. The van der Waals surface area contributed by atoms with Crippen LogP contribution in [0.5, 0.6) is 5.75 Å². The summed E-state index contributed by atoms with van der Waals surface area (Å²) in [6.45, 7) is 0.684. The van der Waals surface area contributed by atoms with Gasteiger partial charge in [0.05, 0.1) is 16.7 Å². The maximum Gasteiger partial charge on any atom is 0.120 e. The molecule has 0 aliphatic carbocycles. The van der Waals surface area contributed by atoms with Gasteiger partial charge in [-0.05, 0) is 18.6 Å². The van der Waals surface area contributed by atoms with E-state index in [4.69, 9.17) is 27.9 Å². The van der Waals surface area contributed by atoms with Gasteiger partial charge in [-0.1, -0.05) is 39.1 Å². The Kier molecular flexibility index (Phi) is 4.92. The van der Waals surface area contributed by atoms with Gasteiger partial charge in [-0.15, -0.1) is 0 Å². The minimum atomic E-state index is 0.526. The van der Waals surface area contributed by atoms with Crippen molar-refractivity contribution in [3.8, 4) is 5.75 Å². The van der Waals surface area contributed by atoms with Gasteiger partial charge in [0.15, 0.2) is 0 Å². The SMILES string of the molecule is Clc1ccc(OCCCBr)cc1Cl. The van der Waals surface area contributed by atoms with E-state index in [1.807, 2.05) is 6.07 Å². The van der Waals surface area contributed by atoms with Gasteiger partial charge in [0.1, 0.15) is 5.75 Å². The van der Waals surface area contributed by atoms with E-state index >= 15 is 0 Å². The molecule has 0 aliphatic rings. The third-order valence-corrected chi connectivity index (χ3v) is 2.74. The smallest absolute Gasteiger partial charge is 0.120 e. The summed E-state index contributed by atoms with van der Waals surface area (Å²) in [6.07, 6.45) is 0.972. The van der Waals surface area contributed by atoms with Crippen molar-refractivity contribution >= 4 is 39.1 Å². The normalized spacial score (nSPS) is 10.1. The van der Waals surface area contributed by atoms with E-state index in [0.717, 1.165) is 17.5 Å². The van der Waals surface area contributed by atoms with Crippen molar-refractivity contribution in [1.82, 2.24) is 0 Å². The Bertz CT molecular complexity index is 278. The molecule has 0 heterocycles. The summed E-state index contributed by atoms with van der Waals surface area (Å²) in [5, 5.41) is 2.02. The van der Waals surface area contributed by atoms with Crippen molar-refractivity contribution in [2.24, 2.45) is 0 Å². The van der Waals surface area contributed by atoms with Crippen LogP contribution in [-0.2, 0) is 0 Å². The predicted octanol–water partition coefficient (Wildman–Crippen LogP) is 4.16. The number of hydrogen-bond acceptors (Lipinski definition) is 1. The molecule has 0 N–H and O–H groups in total. The van der Waals surface area contributed by atoms with Crippen molar-refractivity contribution in [2.45, 2.75) is 6.42 Å². The molecule has 1 aromatic rings. The third-order valence-electron chi connectivity index (χ3n) is 1.44. The lowest BCUT2D eigenvalue weighted by Gasteiger charge is -2.05. The number of rotatable bonds is 4. The number of hydrogen-bond donors (Lipinski definition) is 0. The van der Waals surface area contributed by atoms with Gasteiger partial charge in [0.2, 0.25) is 0 Å². The van der Waals surface area contributed by atoms with E-state index < -0.39 is 0 Å². The Morgan fingerprint density at radius 1 is 1.23 bits per heavy atom. The number of alkyl halides is 1. The lowest BCUT2D eigenvalue weighted by atomic mass is 10.3. The molecule has 0 spiro atoms. The lowest BCUT2D eigenvalue weighted by molar-refractivity contribution is 0.319.